The maximum atomic E-state index is 5.51. The van der Waals surface area contributed by atoms with Crippen LogP contribution in [0.4, 0.5) is 0 Å². The quantitative estimate of drug-likeness (QED) is 0.186. The van der Waals surface area contributed by atoms with E-state index in [0.717, 1.165) is 50.8 Å². The van der Waals surface area contributed by atoms with Crippen LogP contribution in [-0.4, -0.2) is 19.1 Å². The second-order valence-corrected chi connectivity index (χ2v) is 14.6. The van der Waals surface area contributed by atoms with E-state index in [9.17, 15) is 0 Å². The smallest absolute Gasteiger partial charge is 0.160 e. The van der Waals surface area contributed by atoms with E-state index >= 15 is 0 Å². The minimum Gasteiger partial charge on any atom is -0.307 e. The van der Waals surface area contributed by atoms with Crippen molar-refractivity contribution < 1.29 is 0 Å². The summed E-state index contributed by atoms with van der Waals surface area (Å²) < 4.78 is 4.93. The van der Waals surface area contributed by atoms with E-state index in [1.807, 2.05) is 6.07 Å². The van der Waals surface area contributed by atoms with Crippen LogP contribution in [0.15, 0.2) is 170 Å². The lowest BCUT2D eigenvalue weighted by Crippen LogP contribution is -2.17. The highest BCUT2D eigenvalue weighted by Gasteiger charge is 2.40. The van der Waals surface area contributed by atoms with E-state index in [2.05, 4.69) is 187 Å². The Balaban J connectivity index is 1.31. The van der Waals surface area contributed by atoms with Crippen LogP contribution < -0.4 is 0 Å². The third kappa shape index (κ3) is 4.18. The molecule has 0 radical (unpaired) electrons. The summed E-state index contributed by atoms with van der Waals surface area (Å²) in [7, 11) is 0. The summed E-state index contributed by atoms with van der Waals surface area (Å²) in [5.41, 5.74) is 14.3. The van der Waals surface area contributed by atoms with Crippen molar-refractivity contribution in [2.24, 2.45) is 0 Å². The summed E-state index contributed by atoms with van der Waals surface area (Å²) in [5.74, 6) is 0.740. The molecular weight excluding hydrogens is 645 g/mol. The number of aromatic nitrogens is 4. The number of nitrogens with zero attached hydrogens (tertiary/aromatic N) is 4. The van der Waals surface area contributed by atoms with Gasteiger partial charge in [-0.25, -0.2) is 9.97 Å². The van der Waals surface area contributed by atoms with Gasteiger partial charge >= 0.3 is 0 Å². The number of hydrogen-bond donors (Lipinski definition) is 0. The first-order valence-electron chi connectivity index (χ1n) is 18.3. The van der Waals surface area contributed by atoms with Gasteiger partial charge in [-0.2, -0.15) is 0 Å². The van der Waals surface area contributed by atoms with Crippen molar-refractivity contribution in [1.82, 2.24) is 19.1 Å². The second kappa shape index (κ2) is 11.1. The first kappa shape index (κ1) is 29.9. The van der Waals surface area contributed by atoms with Crippen molar-refractivity contribution in [3.8, 4) is 45.1 Å². The molecule has 0 fully saturated rings. The number of fused-ring (bicyclic) bond motifs is 10. The predicted octanol–water partition coefficient (Wildman–Crippen LogP) is 12.3. The minimum absolute atomic E-state index is 0.294. The number of para-hydroxylation sites is 4. The molecule has 0 amide bonds. The molecule has 4 heteroatoms. The topological polar surface area (TPSA) is 35.6 Å². The summed E-state index contributed by atoms with van der Waals surface area (Å²) in [6, 6.07) is 60.9. The zero-order valence-electron chi connectivity index (χ0n) is 29.5. The van der Waals surface area contributed by atoms with Crippen molar-refractivity contribution >= 4 is 43.6 Å². The molecule has 7 aromatic carbocycles. The van der Waals surface area contributed by atoms with Gasteiger partial charge in [0, 0.05) is 49.3 Å². The molecule has 0 spiro atoms. The van der Waals surface area contributed by atoms with E-state index in [1.54, 1.807) is 0 Å². The van der Waals surface area contributed by atoms with Gasteiger partial charge in [0.2, 0.25) is 0 Å². The molecule has 0 bridgehead atoms. The minimum atomic E-state index is -0.294. The molecule has 3 heterocycles. The molecule has 0 aliphatic heterocycles. The number of benzene rings is 7. The molecule has 1 aliphatic rings. The zero-order valence-corrected chi connectivity index (χ0v) is 29.5. The van der Waals surface area contributed by atoms with Gasteiger partial charge in [-0.1, -0.05) is 153 Å². The average molecular weight is 679 g/mol. The van der Waals surface area contributed by atoms with Crippen LogP contribution in [0.5, 0.6) is 0 Å². The van der Waals surface area contributed by atoms with Gasteiger partial charge in [0.05, 0.1) is 39.1 Å². The summed E-state index contributed by atoms with van der Waals surface area (Å²) in [5, 5.41) is 4.89. The van der Waals surface area contributed by atoms with E-state index in [0.29, 0.717) is 0 Å². The molecule has 250 valence electrons. The summed E-state index contributed by atoms with van der Waals surface area (Å²) in [4.78, 5) is 10.9. The van der Waals surface area contributed by atoms with Crippen LogP contribution >= 0.6 is 0 Å². The first-order valence-corrected chi connectivity index (χ1v) is 18.3. The monoisotopic (exact) mass is 678 g/mol. The van der Waals surface area contributed by atoms with Gasteiger partial charge in [0.1, 0.15) is 0 Å². The summed E-state index contributed by atoms with van der Waals surface area (Å²) >= 11 is 0. The Bertz CT molecular complexity index is 3080. The lowest BCUT2D eigenvalue weighted by Gasteiger charge is -2.22. The van der Waals surface area contributed by atoms with Crippen molar-refractivity contribution in [1.29, 1.82) is 0 Å². The third-order valence-corrected chi connectivity index (χ3v) is 11.3. The lowest BCUT2D eigenvalue weighted by atomic mass is 9.85. The Morgan fingerprint density at radius 1 is 0.453 bits per heavy atom. The Hall–Kier alpha value is -6.78. The standard InChI is InChI=1S/C49H34N4/c1-49(2)39-25-13-9-23-37(39)43-44(50-48(51-47(43)49)31-17-5-3-6-18-31)38-24-12-16-28-42(38)53-41-27-15-11-22-34(41)36-30-29-35-33-21-10-14-26-40(33)52(45(35)46(36)53)32-19-7-4-8-20-32/h3-30H,1-2H3. The largest absolute Gasteiger partial charge is 0.307 e. The average Bonchev–Trinajstić information content (AvgIpc) is 3.82. The fourth-order valence-electron chi connectivity index (χ4n) is 8.92. The normalized spacial score (nSPS) is 13.2. The predicted molar refractivity (Wildman–Crippen MR) is 219 cm³/mol. The van der Waals surface area contributed by atoms with Gasteiger partial charge in [-0.05, 0) is 41.5 Å². The van der Waals surface area contributed by atoms with Crippen molar-refractivity contribution in [3.05, 3.63) is 181 Å². The lowest BCUT2D eigenvalue weighted by molar-refractivity contribution is 0.636. The van der Waals surface area contributed by atoms with Gasteiger partial charge in [-0.15, -0.1) is 0 Å². The second-order valence-electron chi connectivity index (χ2n) is 14.6. The van der Waals surface area contributed by atoms with E-state index in [4.69, 9.17) is 9.97 Å². The Labute approximate surface area is 307 Å². The number of hydrogen-bond acceptors (Lipinski definition) is 2. The Morgan fingerprint density at radius 2 is 1.00 bits per heavy atom. The maximum Gasteiger partial charge on any atom is 0.160 e. The highest BCUT2D eigenvalue weighted by molar-refractivity contribution is 6.24. The van der Waals surface area contributed by atoms with Crippen LogP contribution in [0, 0.1) is 0 Å². The van der Waals surface area contributed by atoms with Crippen molar-refractivity contribution in [2.45, 2.75) is 19.3 Å². The molecular formula is C49H34N4. The molecule has 0 saturated heterocycles. The van der Waals surface area contributed by atoms with Crippen LogP contribution in [-0.2, 0) is 5.41 Å². The molecule has 0 N–H and O–H groups in total. The van der Waals surface area contributed by atoms with Gasteiger partial charge in [-0.3, -0.25) is 0 Å². The van der Waals surface area contributed by atoms with E-state index in [-0.39, 0.29) is 5.41 Å². The fraction of sp³-hybridized carbons (Fsp3) is 0.0612. The molecule has 0 saturated carbocycles. The molecule has 10 aromatic rings. The Morgan fingerprint density at radius 3 is 1.72 bits per heavy atom. The summed E-state index contributed by atoms with van der Waals surface area (Å²) in [6.07, 6.45) is 0. The highest BCUT2D eigenvalue weighted by atomic mass is 15.0. The SMILES string of the molecule is CC1(C)c2ccccc2-c2c(-c3ccccc3-n3c4ccccc4c4ccc5c6ccccc6n(-c6ccccc6)c5c43)nc(-c3ccccc3)nc21. The van der Waals surface area contributed by atoms with Crippen LogP contribution in [0.2, 0.25) is 0 Å². The molecule has 0 atom stereocenters. The van der Waals surface area contributed by atoms with Gasteiger partial charge < -0.3 is 9.13 Å². The zero-order chi connectivity index (χ0) is 35.3. The molecule has 11 rings (SSSR count). The Kier molecular flexibility index (Phi) is 6.27. The molecule has 53 heavy (non-hydrogen) atoms. The van der Waals surface area contributed by atoms with Crippen LogP contribution in [0.3, 0.4) is 0 Å². The highest BCUT2D eigenvalue weighted by Crippen LogP contribution is 2.52. The van der Waals surface area contributed by atoms with E-state index in [1.165, 1.54) is 49.2 Å². The first-order chi connectivity index (χ1) is 26.1. The van der Waals surface area contributed by atoms with E-state index < -0.39 is 0 Å². The van der Waals surface area contributed by atoms with Gasteiger partial charge in [0.15, 0.2) is 5.82 Å². The molecule has 3 aromatic heterocycles. The van der Waals surface area contributed by atoms with Crippen molar-refractivity contribution in [2.75, 3.05) is 0 Å². The fourth-order valence-corrected chi connectivity index (χ4v) is 8.92. The third-order valence-electron chi connectivity index (χ3n) is 11.3. The molecule has 4 nitrogen and oxygen atoms in total. The van der Waals surface area contributed by atoms with Gasteiger partial charge in [0.25, 0.3) is 0 Å². The van der Waals surface area contributed by atoms with Crippen LogP contribution in [0.25, 0.3) is 88.8 Å². The molecule has 1 aliphatic carbocycles. The van der Waals surface area contributed by atoms with Crippen molar-refractivity contribution in [3.63, 3.8) is 0 Å². The summed E-state index contributed by atoms with van der Waals surface area (Å²) in [6.45, 7) is 4.59. The van der Waals surface area contributed by atoms with Crippen LogP contribution in [0.1, 0.15) is 25.1 Å². The maximum absolute atomic E-state index is 5.51. The molecule has 0 unspecified atom stereocenters. The number of rotatable bonds is 4.